The van der Waals surface area contributed by atoms with Crippen molar-refractivity contribution in [2.75, 3.05) is 31.1 Å². The molecule has 0 fully saturated rings. The lowest BCUT2D eigenvalue weighted by atomic mass is 9.82. The topological polar surface area (TPSA) is 76.6 Å². The van der Waals surface area contributed by atoms with Crippen molar-refractivity contribution >= 4 is 21.1 Å². The molecule has 0 saturated heterocycles. The van der Waals surface area contributed by atoms with Crippen LogP contribution in [0.2, 0.25) is 0 Å². The van der Waals surface area contributed by atoms with Gasteiger partial charge in [0.25, 0.3) is 0 Å². The molecular weight excluding hydrogens is 442 g/mol. The summed E-state index contributed by atoms with van der Waals surface area (Å²) in [6.45, 7) is 1.19. The minimum absolute atomic E-state index is 0.457. The summed E-state index contributed by atoms with van der Waals surface area (Å²) >= 11 is 0. The highest BCUT2D eigenvalue weighted by Gasteiger charge is 2.40. The van der Waals surface area contributed by atoms with Crippen LogP contribution >= 0.6 is 10.0 Å². The Kier molecular flexibility index (Phi) is 5.88. The van der Waals surface area contributed by atoms with Gasteiger partial charge >= 0.3 is 0 Å². The number of pyridine rings is 1. The fourth-order valence-electron chi connectivity index (χ4n) is 4.55. The van der Waals surface area contributed by atoms with Gasteiger partial charge in [-0.2, -0.15) is 5.26 Å². The zero-order chi connectivity index (χ0) is 23.8. The van der Waals surface area contributed by atoms with E-state index in [9.17, 15) is 5.26 Å². The molecule has 1 aromatic carbocycles. The van der Waals surface area contributed by atoms with Gasteiger partial charge in [0.1, 0.15) is 29.8 Å². The Morgan fingerprint density at radius 2 is 1.79 bits per heavy atom. The average Bonchev–Trinajstić information content (AvgIpc) is 3.43. The summed E-state index contributed by atoms with van der Waals surface area (Å²) in [5, 5.41) is 11.1. The van der Waals surface area contributed by atoms with Crippen LogP contribution in [0.5, 0.6) is 0 Å². The standard InChI is InChI=1S/C27H29N5OS/c1-34(2,3)14-13-33-19-32-12-11-22-25(29-18-30-26(22)32)23-9-6-10-24(31-23)27(17-28)15-20-7-4-5-8-21(20)16-27/h4-12,18H,13-16,19H2,1-3H3. The summed E-state index contributed by atoms with van der Waals surface area (Å²) < 4.78 is 7.93. The van der Waals surface area contributed by atoms with Gasteiger partial charge in [-0.3, -0.25) is 0 Å². The van der Waals surface area contributed by atoms with Crippen LogP contribution < -0.4 is 0 Å². The number of nitriles is 1. The molecule has 174 valence electrons. The third-order valence-electron chi connectivity index (χ3n) is 6.43. The highest BCUT2D eigenvalue weighted by molar-refractivity contribution is 8.32. The molecule has 0 amide bonds. The summed E-state index contributed by atoms with van der Waals surface area (Å²) in [6.07, 6.45) is 11.8. The average molecular weight is 472 g/mol. The van der Waals surface area contributed by atoms with Crippen LogP contribution in [-0.4, -0.2) is 50.6 Å². The Morgan fingerprint density at radius 1 is 1.03 bits per heavy atom. The number of nitrogens with zero attached hydrogens (tertiary/aromatic N) is 5. The maximum Gasteiger partial charge on any atom is 0.145 e. The molecule has 3 heterocycles. The number of fused-ring (bicyclic) bond motifs is 2. The van der Waals surface area contributed by atoms with E-state index in [1.807, 2.05) is 47.2 Å². The fraction of sp³-hybridized carbons (Fsp3) is 0.333. The quantitative estimate of drug-likeness (QED) is 0.365. The Labute approximate surface area is 202 Å². The van der Waals surface area contributed by atoms with Crippen molar-refractivity contribution in [1.29, 1.82) is 5.26 Å². The van der Waals surface area contributed by atoms with Crippen molar-refractivity contribution in [3.63, 3.8) is 0 Å². The molecule has 0 aliphatic heterocycles. The predicted octanol–water partition coefficient (Wildman–Crippen LogP) is 4.72. The van der Waals surface area contributed by atoms with Gasteiger partial charge in [-0.05, 0) is 60.9 Å². The highest BCUT2D eigenvalue weighted by Crippen LogP contribution is 2.39. The second kappa shape index (κ2) is 8.86. The van der Waals surface area contributed by atoms with Crippen LogP contribution in [0.4, 0.5) is 0 Å². The van der Waals surface area contributed by atoms with E-state index in [-0.39, 0.29) is 0 Å². The fourth-order valence-corrected chi connectivity index (χ4v) is 5.17. The van der Waals surface area contributed by atoms with Gasteiger partial charge < -0.3 is 9.30 Å². The zero-order valence-electron chi connectivity index (χ0n) is 19.9. The molecular formula is C27H29N5OS. The van der Waals surface area contributed by atoms with Crippen molar-refractivity contribution in [1.82, 2.24) is 19.5 Å². The second-order valence-corrected chi connectivity index (χ2v) is 14.4. The van der Waals surface area contributed by atoms with Crippen molar-refractivity contribution in [3.8, 4) is 17.5 Å². The molecule has 0 N–H and O–H groups in total. The first-order chi connectivity index (χ1) is 16.4. The van der Waals surface area contributed by atoms with Crippen molar-refractivity contribution < 1.29 is 4.74 Å². The van der Waals surface area contributed by atoms with Gasteiger partial charge in [0.15, 0.2) is 0 Å². The van der Waals surface area contributed by atoms with Crippen LogP contribution in [0.25, 0.3) is 22.4 Å². The molecule has 1 aliphatic rings. The normalized spacial score (nSPS) is 15.2. The van der Waals surface area contributed by atoms with Gasteiger partial charge in [-0.1, -0.05) is 30.3 Å². The van der Waals surface area contributed by atoms with Crippen molar-refractivity contribution in [2.24, 2.45) is 0 Å². The molecule has 0 spiro atoms. The molecule has 4 aromatic rings. The van der Waals surface area contributed by atoms with Crippen LogP contribution in [0.1, 0.15) is 16.8 Å². The van der Waals surface area contributed by atoms with Crippen LogP contribution in [0.3, 0.4) is 0 Å². The van der Waals surface area contributed by atoms with Gasteiger partial charge in [-0.15, -0.1) is 0 Å². The lowest BCUT2D eigenvalue weighted by Gasteiger charge is -2.24. The van der Waals surface area contributed by atoms with E-state index in [1.54, 1.807) is 6.33 Å². The maximum atomic E-state index is 10.2. The SMILES string of the molecule is CS(C)(C)CCOCn1ccc2c(-c3cccc(C4(C#N)Cc5ccccc5C4)n3)ncnc21. The predicted molar refractivity (Wildman–Crippen MR) is 138 cm³/mol. The first kappa shape index (κ1) is 22.6. The molecule has 6 nitrogen and oxygen atoms in total. The molecule has 0 radical (unpaired) electrons. The smallest absolute Gasteiger partial charge is 0.145 e. The van der Waals surface area contributed by atoms with Crippen molar-refractivity contribution in [3.05, 3.63) is 77.9 Å². The Hall–Kier alpha value is -3.21. The first-order valence-corrected chi connectivity index (χ1v) is 14.4. The molecule has 0 bridgehead atoms. The monoisotopic (exact) mass is 471 g/mol. The van der Waals surface area contributed by atoms with Gasteiger partial charge in [0, 0.05) is 17.3 Å². The van der Waals surface area contributed by atoms with Gasteiger partial charge in [0.2, 0.25) is 0 Å². The molecule has 0 saturated carbocycles. The lowest BCUT2D eigenvalue weighted by Crippen LogP contribution is -2.26. The minimum atomic E-state index is -0.652. The summed E-state index contributed by atoms with van der Waals surface area (Å²) in [6, 6.07) is 18.8. The Balaban J connectivity index is 1.44. The number of benzene rings is 1. The number of ether oxygens (including phenoxy) is 1. The van der Waals surface area contributed by atoms with Crippen LogP contribution in [0.15, 0.2) is 61.1 Å². The van der Waals surface area contributed by atoms with Crippen LogP contribution in [0, 0.1) is 11.3 Å². The van der Waals surface area contributed by atoms with E-state index in [1.165, 1.54) is 11.1 Å². The summed E-state index contributed by atoms with van der Waals surface area (Å²) in [7, 11) is -0.577. The number of aromatic nitrogens is 4. The third kappa shape index (κ3) is 4.31. The number of hydrogen-bond donors (Lipinski definition) is 0. The first-order valence-electron chi connectivity index (χ1n) is 11.4. The summed E-state index contributed by atoms with van der Waals surface area (Å²) in [5.74, 6) is 1.08. The second-order valence-electron chi connectivity index (χ2n) is 9.80. The molecule has 5 rings (SSSR count). The molecule has 34 heavy (non-hydrogen) atoms. The maximum absolute atomic E-state index is 10.2. The molecule has 3 aromatic heterocycles. The van der Waals surface area contributed by atoms with E-state index >= 15 is 0 Å². The minimum Gasteiger partial charge on any atom is -0.360 e. The molecule has 0 atom stereocenters. The zero-order valence-corrected chi connectivity index (χ0v) is 20.7. The number of rotatable bonds is 7. The Morgan fingerprint density at radius 3 is 2.50 bits per heavy atom. The summed E-state index contributed by atoms with van der Waals surface area (Å²) in [4.78, 5) is 14.0. The van der Waals surface area contributed by atoms with E-state index in [0.717, 1.165) is 40.5 Å². The summed E-state index contributed by atoms with van der Waals surface area (Å²) in [5.41, 5.74) is 4.95. The highest BCUT2D eigenvalue weighted by atomic mass is 32.3. The Bertz CT molecular complexity index is 1360. The van der Waals surface area contributed by atoms with E-state index in [2.05, 4.69) is 46.9 Å². The number of hydrogen-bond acceptors (Lipinski definition) is 5. The lowest BCUT2D eigenvalue weighted by molar-refractivity contribution is 0.0923. The van der Waals surface area contributed by atoms with E-state index in [4.69, 9.17) is 9.72 Å². The van der Waals surface area contributed by atoms with E-state index in [0.29, 0.717) is 19.6 Å². The van der Waals surface area contributed by atoms with Crippen LogP contribution in [-0.2, 0) is 29.7 Å². The van der Waals surface area contributed by atoms with Crippen molar-refractivity contribution in [2.45, 2.75) is 25.0 Å². The van der Waals surface area contributed by atoms with Gasteiger partial charge in [-0.25, -0.2) is 25.0 Å². The van der Waals surface area contributed by atoms with E-state index < -0.39 is 15.4 Å². The molecule has 1 aliphatic carbocycles. The largest absolute Gasteiger partial charge is 0.360 e. The molecule has 7 heteroatoms. The molecule has 0 unspecified atom stereocenters. The third-order valence-corrected chi connectivity index (χ3v) is 7.82. The van der Waals surface area contributed by atoms with Gasteiger partial charge in [0.05, 0.1) is 24.1 Å².